The molecule has 0 atom stereocenters. The fourth-order valence-corrected chi connectivity index (χ4v) is 3.06. The fourth-order valence-electron chi connectivity index (χ4n) is 2.56. The van der Waals surface area contributed by atoms with Crippen LogP contribution in [-0.2, 0) is 13.2 Å². The van der Waals surface area contributed by atoms with Crippen molar-refractivity contribution in [2.45, 2.75) is 13.2 Å². The SMILES string of the molecule is COc1cc(CNc2ccccc2)cc(Cl)c1OCc1cccc(Cl)c1. The van der Waals surface area contributed by atoms with Crippen molar-refractivity contribution in [2.24, 2.45) is 0 Å². The lowest BCUT2D eigenvalue weighted by atomic mass is 10.2. The highest BCUT2D eigenvalue weighted by Gasteiger charge is 2.12. The second-order valence-electron chi connectivity index (χ2n) is 5.75. The van der Waals surface area contributed by atoms with E-state index in [2.05, 4.69) is 5.32 Å². The molecule has 0 unspecified atom stereocenters. The van der Waals surface area contributed by atoms with Gasteiger partial charge in [0.15, 0.2) is 11.5 Å². The smallest absolute Gasteiger partial charge is 0.180 e. The number of anilines is 1. The monoisotopic (exact) mass is 387 g/mol. The Morgan fingerprint density at radius 2 is 1.69 bits per heavy atom. The van der Waals surface area contributed by atoms with Gasteiger partial charge in [0.25, 0.3) is 0 Å². The molecule has 0 fully saturated rings. The van der Waals surface area contributed by atoms with Crippen LogP contribution in [0.3, 0.4) is 0 Å². The predicted molar refractivity (Wildman–Crippen MR) is 108 cm³/mol. The summed E-state index contributed by atoms with van der Waals surface area (Å²) in [7, 11) is 1.60. The van der Waals surface area contributed by atoms with Gasteiger partial charge in [0.2, 0.25) is 0 Å². The lowest BCUT2D eigenvalue weighted by molar-refractivity contribution is 0.284. The van der Waals surface area contributed by atoms with Crippen LogP contribution in [0.4, 0.5) is 5.69 Å². The zero-order chi connectivity index (χ0) is 18.4. The van der Waals surface area contributed by atoms with Crippen LogP contribution in [0.1, 0.15) is 11.1 Å². The molecule has 1 N–H and O–H groups in total. The summed E-state index contributed by atoms with van der Waals surface area (Å²) in [6, 6.07) is 21.3. The van der Waals surface area contributed by atoms with Crippen molar-refractivity contribution in [3.63, 3.8) is 0 Å². The van der Waals surface area contributed by atoms with Gasteiger partial charge in [0.1, 0.15) is 6.61 Å². The molecule has 3 rings (SSSR count). The molecular weight excluding hydrogens is 369 g/mol. The molecule has 3 nitrogen and oxygen atoms in total. The van der Waals surface area contributed by atoms with Gasteiger partial charge in [-0.2, -0.15) is 0 Å². The maximum Gasteiger partial charge on any atom is 0.180 e. The van der Waals surface area contributed by atoms with E-state index in [4.69, 9.17) is 32.7 Å². The fraction of sp³-hybridized carbons (Fsp3) is 0.143. The number of nitrogens with one attached hydrogen (secondary N) is 1. The van der Waals surface area contributed by atoms with Gasteiger partial charge in [-0.25, -0.2) is 0 Å². The molecule has 3 aromatic rings. The summed E-state index contributed by atoms with van der Waals surface area (Å²) < 4.78 is 11.3. The van der Waals surface area contributed by atoms with E-state index in [1.54, 1.807) is 7.11 Å². The van der Waals surface area contributed by atoms with Crippen LogP contribution in [0.2, 0.25) is 10.0 Å². The van der Waals surface area contributed by atoms with Crippen molar-refractivity contribution >= 4 is 28.9 Å². The number of hydrogen-bond acceptors (Lipinski definition) is 3. The summed E-state index contributed by atoms with van der Waals surface area (Å²) in [4.78, 5) is 0. The van der Waals surface area contributed by atoms with E-state index < -0.39 is 0 Å². The molecule has 0 aromatic heterocycles. The van der Waals surface area contributed by atoms with Gasteiger partial charge in [0, 0.05) is 17.3 Å². The minimum absolute atomic E-state index is 0.359. The number of rotatable bonds is 7. The summed E-state index contributed by atoms with van der Waals surface area (Å²) >= 11 is 12.4. The standard InChI is InChI=1S/C21H19Cl2NO2/c1-25-20-12-16(13-24-18-8-3-2-4-9-18)11-19(23)21(20)26-14-15-6-5-7-17(22)10-15/h2-12,24H,13-14H2,1H3. The molecule has 0 saturated heterocycles. The van der Waals surface area contributed by atoms with Gasteiger partial charge >= 0.3 is 0 Å². The summed E-state index contributed by atoms with van der Waals surface area (Å²) in [5.41, 5.74) is 3.01. The lowest BCUT2D eigenvalue weighted by Gasteiger charge is -2.15. The van der Waals surface area contributed by atoms with Crippen LogP contribution >= 0.6 is 23.2 Å². The molecule has 26 heavy (non-hydrogen) atoms. The van der Waals surface area contributed by atoms with E-state index in [9.17, 15) is 0 Å². The molecular formula is C21H19Cl2NO2. The third kappa shape index (κ3) is 4.84. The molecule has 3 aromatic carbocycles. The van der Waals surface area contributed by atoms with Gasteiger partial charge in [-0.1, -0.05) is 53.5 Å². The topological polar surface area (TPSA) is 30.5 Å². The summed E-state index contributed by atoms with van der Waals surface area (Å²) in [6.45, 7) is 0.993. The zero-order valence-electron chi connectivity index (χ0n) is 14.3. The van der Waals surface area contributed by atoms with Crippen molar-refractivity contribution < 1.29 is 9.47 Å². The minimum atomic E-state index is 0.359. The number of methoxy groups -OCH3 is 1. The van der Waals surface area contributed by atoms with Crippen LogP contribution in [-0.4, -0.2) is 7.11 Å². The zero-order valence-corrected chi connectivity index (χ0v) is 15.8. The maximum atomic E-state index is 6.43. The van der Waals surface area contributed by atoms with E-state index in [1.807, 2.05) is 66.7 Å². The van der Waals surface area contributed by atoms with Crippen molar-refractivity contribution in [1.82, 2.24) is 0 Å². The molecule has 0 radical (unpaired) electrons. The van der Waals surface area contributed by atoms with Crippen molar-refractivity contribution in [1.29, 1.82) is 0 Å². The molecule has 0 amide bonds. The number of para-hydroxylation sites is 1. The Labute approximate surface area is 163 Å². The Hall–Kier alpha value is -2.36. The van der Waals surface area contributed by atoms with Crippen molar-refractivity contribution in [2.75, 3.05) is 12.4 Å². The Morgan fingerprint density at radius 1 is 0.885 bits per heavy atom. The largest absolute Gasteiger partial charge is 0.493 e. The number of hydrogen-bond donors (Lipinski definition) is 1. The highest BCUT2D eigenvalue weighted by Crippen LogP contribution is 2.37. The van der Waals surface area contributed by atoms with E-state index >= 15 is 0 Å². The summed E-state index contributed by atoms with van der Waals surface area (Å²) in [5.74, 6) is 1.13. The summed E-state index contributed by atoms with van der Waals surface area (Å²) in [6.07, 6.45) is 0. The highest BCUT2D eigenvalue weighted by molar-refractivity contribution is 6.32. The highest BCUT2D eigenvalue weighted by atomic mass is 35.5. The normalized spacial score (nSPS) is 10.4. The predicted octanol–water partition coefficient (Wildman–Crippen LogP) is 6.19. The van der Waals surface area contributed by atoms with E-state index in [1.165, 1.54) is 0 Å². The van der Waals surface area contributed by atoms with Gasteiger partial charge in [0.05, 0.1) is 12.1 Å². The van der Waals surface area contributed by atoms with Crippen molar-refractivity contribution in [3.8, 4) is 11.5 Å². The lowest BCUT2D eigenvalue weighted by Crippen LogP contribution is -2.02. The average Bonchev–Trinajstić information content (AvgIpc) is 2.66. The third-order valence-corrected chi connectivity index (χ3v) is 4.35. The molecule has 0 heterocycles. The molecule has 0 saturated carbocycles. The van der Waals surface area contributed by atoms with Crippen LogP contribution in [0, 0.1) is 0 Å². The average molecular weight is 388 g/mol. The number of ether oxygens (including phenoxy) is 2. The number of halogens is 2. The molecule has 0 aliphatic heterocycles. The van der Waals surface area contributed by atoms with E-state index in [-0.39, 0.29) is 0 Å². The van der Waals surface area contributed by atoms with Crippen LogP contribution in [0.15, 0.2) is 66.7 Å². The maximum absolute atomic E-state index is 6.43. The van der Waals surface area contributed by atoms with E-state index in [0.717, 1.165) is 16.8 Å². The Balaban J connectivity index is 1.72. The first-order chi connectivity index (χ1) is 12.7. The van der Waals surface area contributed by atoms with Crippen LogP contribution in [0.25, 0.3) is 0 Å². The van der Waals surface area contributed by atoms with Gasteiger partial charge in [-0.05, 0) is 47.5 Å². The van der Waals surface area contributed by atoms with Gasteiger partial charge < -0.3 is 14.8 Å². The Kier molecular flexibility index (Phi) is 6.26. The van der Waals surface area contributed by atoms with Gasteiger partial charge in [-0.3, -0.25) is 0 Å². The first-order valence-corrected chi connectivity index (χ1v) is 8.94. The first kappa shape index (κ1) is 18.4. The van der Waals surface area contributed by atoms with Gasteiger partial charge in [-0.15, -0.1) is 0 Å². The molecule has 0 aliphatic carbocycles. The summed E-state index contributed by atoms with van der Waals surface area (Å²) in [5, 5.41) is 4.54. The van der Waals surface area contributed by atoms with E-state index in [0.29, 0.717) is 34.7 Å². The molecule has 0 spiro atoms. The third-order valence-electron chi connectivity index (χ3n) is 3.83. The second kappa shape index (κ2) is 8.84. The Bertz CT molecular complexity index is 869. The van der Waals surface area contributed by atoms with Crippen LogP contribution < -0.4 is 14.8 Å². The molecule has 134 valence electrons. The second-order valence-corrected chi connectivity index (χ2v) is 6.59. The van der Waals surface area contributed by atoms with Crippen molar-refractivity contribution in [3.05, 3.63) is 87.9 Å². The molecule has 0 aliphatic rings. The molecule has 0 bridgehead atoms. The Morgan fingerprint density at radius 3 is 2.42 bits per heavy atom. The number of benzene rings is 3. The first-order valence-electron chi connectivity index (χ1n) is 8.18. The molecule has 5 heteroatoms. The quantitative estimate of drug-likeness (QED) is 0.523. The van der Waals surface area contributed by atoms with Crippen LogP contribution in [0.5, 0.6) is 11.5 Å². The minimum Gasteiger partial charge on any atom is -0.493 e.